The molecule has 0 saturated heterocycles. The van der Waals surface area contributed by atoms with Crippen molar-refractivity contribution in [3.8, 4) is 0 Å². The monoisotopic (exact) mass is 157 g/mol. The summed E-state index contributed by atoms with van der Waals surface area (Å²) in [6, 6.07) is -1.56. The van der Waals surface area contributed by atoms with Gasteiger partial charge in [-0.2, -0.15) is 4.79 Å². The molecule has 6 heteroatoms. The second kappa shape index (κ2) is 4.29. The maximum absolute atomic E-state index is 10.2. The summed E-state index contributed by atoms with van der Waals surface area (Å²) in [6.07, 6.45) is 0.180. The summed E-state index contributed by atoms with van der Waals surface area (Å²) in [6.45, 7) is 1.57. The van der Waals surface area contributed by atoms with Crippen LogP contribution >= 0.6 is 0 Å². The topological polar surface area (TPSA) is 103 Å². The zero-order chi connectivity index (χ0) is 8.85. The van der Waals surface area contributed by atoms with Crippen molar-refractivity contribution in [2.45, 2.75) is 19.4 Å². The molecule has 1 atom stereocenters. The number of hydrogen-bond donors (Lipinski definition) is 1. The Labute approximate surface area is 62.4 Å². The molecule has 0 fully saturated rings. The van der Waals surface area contributed by atoms with E-state index < -0.39 is 12.0 Å². The molecule has 0 spiro atoms. The van der Waals surface area contributed by atoms with Crippen LogP contribution in [-0.4, -0.2) is 27.6 Å². The van der Waals surface area contributed by atoms with Gasteiger partial charge in [0.2, 0.25) is 0 Å². The molecule has 0 amide bonds. The molecule has 1 N–H and O–H groups in total. The first-order valence-electron chi connectivity index (χ1n) is 2.93. The number of carbonyl (C=O) groups is 1. The fraction of sp³-hybridized carbons (Fsp3) is 0.600. The summed E-state index contributed by atoms with van der Waals surface area (Å²) >= 11 is 0. The average molecular weight is 157 g/mol. The van der Waals surface area contributed by atoms with Crippen molar-refractivity contribution in [1.82, 2.24) is 0 Å². The smallest absolute Gasteiger partial charge is 0.344 e. The molecule has 0 bridgehead atoms. The molecule has 0 aliphatic carbocycles. The van der Waals surface area contributed by atoms with Crippen LogP contribution in [0, 0.1) is 4.91 Å². The van der Waals surface area contributed by atoms with Gasteiger partial charge in [0.25, 0.3) is 6.04 Å². The van der Waals surface area contributed by atoms with Crippen molar-refractivity contribution in [2.24, 2.45) is 5.18 Å². The van der Waals surface area contributed by atoms with Gasteiger partial charge in [0.15, 0.2) is 0 Å². The fourth-order valence-electron chi connectivity index (χ4n) is 0.567. The minimum absolute atomic E-state index is 0.146. The van der Waals surface area contributed by atoms with Gasteiger partial charge in [-0.25, -0.2) is 4.79 Å². The van der Waals surface area contributed by atoms with Crippen LogP contribution in [0.3, 0.4) is 0 Å². The molecule has 0 aliphatic rings. The maximum atomic E-state index is 10.2. The standard InChI is InChI=1S/C5H7N3O3/c1-2-3(7-6)4(8-11)5(9)10/h4H,2H2,1H3,(H,9,10)/t4-/m0/s1. The Morgan fingerprint density at radius 2 is 2.36 bits per heavy atom. The molecule has 0 rings (SSSR count). The second-order valence-electron chi connectivity index (χ2n) is 1.79. The van der Waals surface area contributed by atoms with Crippen LogP contribution < -0.4 is 0 Å². The quantitative estimate of drug-likeness (QED) is 0.274. The van der Waals surface area contributed by atoms with Gasteiger partial charge in [0.1, 0.15) is 0 Å². The molecule has 0 saturated carbocycles. The van der Waals surface area contributed by atoms with E-state index in [1.165, 1.54) is 0 Å². The van der Waals surface area contributed by atoms with Crippen molar-refractivity contribution in [3.05, 3.63) is 10.4 Å². The van der Waals surface area contributed by atoms with Crippen molar-refractivity contribution in [2.75, 3.05) is 0 Å². The van der Waals surface area contributed by atoms with E-state index in [-0.39, 0.29) is 12.1 Å². The van der Waals surface area contributed by atoms with Crippen molar-refractivity contribution >= 4 is 11.7 Å². The third kappa shape index (κ3) is 2.27. The van der Waals surface area contributed by atoms with Gasteiger partial charge in [0, 0.05) is 6.42 Å². The van der Waals surface area contributed by atoms with Gasteiger partial charge < -0.3 is 10.6 Å². The highest BCUT2D eigenvalue weighted by Gasteiger charge is 2.30. The Kier molecular flexibility index (Phi) is 3.69. The van der Waals surface area contributed by atoms with Gasteiger partial charge in [-0.3, -0.25) is 0 Å². The number of carboxylic acid groups (broad SMARTS) is 1. The predicted molar refractivity (Wildman–Crippen MR) is 36.1 cm³/mol. The minimum atomic E-state index is -1.56. The van der Waals surface area contributed by atoms with Crippen LogP contribution in [0.25, 0.3) is 5.53 Å². The Morgan fingerprint density at radius 1 is 1.82 bits per heavy atom. The Hall–Kier alpha value is -1.55. The van der Waals surface area contributed by atoms with E-state index in [4.69, 9.17) is 10.6 Å². The van der Waals surface area contributed by atoms with Crippen molar-refractivity contribution in [3.63, 3.8) is 0 Å². The lowest BCUT2D eigenvalue weighted by molar-refractivity contribution is -0.137. The highest BCUT2D eigenvalue weighted by atomic mass is 16.4. The van der Waals surface area contributed by atoms with E-state index >= 15 is 0 Å². The zero-order valence-corrected chi connectivity index (χ0v) is 5.89. The van der Waals surface area contributed by atoms with Crippen molar-refractivity contribution in [1.29, 1.82) is 0 Å². The van der Waals surface area contributed by atoms with E-state index in [9.17, 15) is 9.70 Å². The van der Waals surface area contributed by atoms with E-state index in [2.05, 4.69) is 9.97 Å². The summed E-state index contributed by atoms with van der Waals surface area (Å²) in [5.41, 5.74) is 8.06. The number of carboxylic acids is 1. The van der Waals surface area contributed by atoms with Crippen molar-refractivity contribution < 1.29 is 14.7 Å². The van der Waals surface area contributed by atoms with Crippen LogP contribution in [0.1, 0.15) is 13.3 Å². The first kappa shape index (κ1) is 9.45. The number of nitrogens with zero attached hydrogens (tertiary/aromatic N) is 3. The molecular formula is C5H7N3O3. The SMILES string of the molecule is CCC(=[N+]=[N-])[C@H](N=O)C(=O)O. The molecule has 0 heterocycles. The molecule has 0 aliphatic heterocycles. The lowest BCUT2D eigenvalue weighted by Crippen LogP contribution is -2.27. The van der Waals surface area contributed by atoms with Crippen LogP contribution in [-0.2, 0) is 4.79 Å². The molecule has 60 valence electrons. The van der Waals surface area contributed by atoms with E-state index in [1.54, 1.807) is 6.92 Å². The summed E-state index contributed by atoms with van der Waals surface area (Å²) in [7, 11) is 0. The van der Waals surface area contributed by atoms with Gasteiger partial charge in [0.05, 0.1) is 0 Å². The number of hydrogen-bond acceptors (Lipinski definition) is 3. The zero-order valence-electron chi connectivity index (χ0n) is 5.89. The normalized spacial score (nSPS) is 11.4. The molecule has 0 radical (unpaired) electrons. The van der Waals surface area contributed by atoms with Crippen LogP contribution in [0.4, 0.5) is 0 Å². The highest BCUT2D eigenvalue weighted by Crippen LogP contribution is 1.96. The summed E-state index contributed by atoms with van der Waals surface area (Å²) in [5.74, 6) is -1.41. The number of rotatable bonds is 4. The van der Waals surface area contributed by atoms with E-state index in [0.29, 0.717) is 0 Å². The first-order valence-corrected chi connectivity index (χ1v) is 2.93. The Balaban J connectivity index is 4.62. The molecule has 0 aromatic rings. The highest BCUT2D eigenvalue weighted by molar-refractivity contribution is 6.02. The number of nitroso groups, excluding NO2 is 1. The third-order valence-electron chi connectivity index (χ3n) is 1.15. The predicted octanol–water partition coefficient (Wildman–Crippen LogP) is 0.287. The van der Waals surface area contributed by atoms with Gasteiger partial charge >= 0.3 is 11.7 Å². The van der Waals surface area contributed by atoms with Crippen LogP contribution in [0.2, 0.25) is 0 Å². The fourth-order valence-corrected chi connectivity index (χ4v) is 0.567. The molecule has 6 nitrogen and oxygen atoms in total. The largest absolute Gasteiger partial charge is 0.479 e. The second-order valence-corrected chi connectivity index (χ2v) is 1.79. The van der Waals surface area contributed by atoms with Gasteiger partial charge in [-0.15, -0.1) is 4.91 Å². The summed E-state index contributed by atoms with van der Waals surface area (Å²) in [4.78, 5) is 22.7. The number of aliphatic carboxylic acids is 1. The maximum Gasteiger partial charge on any atom is 0.344 e. The molecule has 0 aromatic heterocycles. The van der Waals surface area contributed by atoms with E-state index in [0.717, 1.165) is 0 Å². The third-order valence-corrected chi connectivity index (χ3v) is 1.15. The van der Waals surface area contributed by atoms with Gasteiger partial charge in [-0.1, -0.05) is 6.92 Å². The Bertz CT molecular complexity index is 219. The van der Waals surface area contributed by atoms with Crippen LogP contribution in [0.5, 0.6) is 0 Å². The summed E-state index contributed by atoms with van der Waals surface area (Å²) in [5, 5.41) is 10.6. The minimum Gasteiger partial charge on any atom is -0.479 e. The van der Waals surface area contributed by atoms with E-state index in [1.807, 2.05) is 0 Å². The lowest BCUT2D eigenvalue weighted by atomic mass is 10.1. The molecule has 0 aromatic carbocycles. The summed E-state index contributed by atoms with van der Waals surface area (Å²) < 4.78 is 0. The van der Waals surface area contributed by atoms with Crippen LogP contribution in [0.15, 0.2) is 5.18 Å². The Morgan fingerprint density at radius 3 is 2.45 bits per heavy atom. The molecule has 11 heavy (non-hydrogen) atoms. The first-order chi connectivity index (χ1) is 5.17. The lowest BCUT2D eigenvalue weighted by Gasteiger charge is -1.93. The molecular weight excluding hydrogens is 150 g/mol. The molecule has 0 unspecified atom stereocenters. The van der Waals surface area contributed by atoms with Gasteiger partial charge in [-0.05, 0) is 5.18 Å². The average Bonchev–Trinajstić information content (AvgIpc) is 1.99.